The van der Waals surface area contributed by atoms with Crippen LogP contribution < -0.4 is 5.32 Å². The SMILES string of the molecule is CCCC(C)(CNCCOC)Cc1ncnn1C. The maximum atomic E-state index is 5.05. The van der Waals surface area contributed by atoms with Crippen molar-refractivity contribution in [3.63, 3.8) is 0 Å². The van der Waals surface area contributed by atoms with E-state index in [1.54, 1.807) is 13.4 Å². The van der Waals surface area contributed by atoms with Crippen molar-refractivity contribution < 1.29 is 4.74 Å². The van der Waals surface area contributed by atoms with Crippen molar-refractivity contribution in [1.29, 1.82) is 0 Å². The summed E-state index contributed by atoms with van der Waals surface area (Å²) < 4.78 is 6.92. The van der Waals surface area contributed by atoms with Crippen molar-refractivity contribution in [2.24, 2.45) is 12.5 Å². The Morgan fingerprint density at radius 3 is 2.83 bits per heavy atom. The monoisotopic (exact) mass is 254 g/mol. The van der Waals surface area contributed by atoms with E-state index in [-0.39, 0.29) is 5.41 Å². The molecular formula is C13H26N4O. The Balaban J connectivity index is 2.53. The third-order valence-corrected chi connectivity index (χ3v) is 3.28. The smallest absolute Gasteiger partial charge is 0.138 e. The van der Waals surface area contributed by atoms with Crippen molar-refractivity contribution >= 4 is 0 Å². The summed E-state index contributed by atoms with van der Waals surface area (Å²) in [7, 11) is 3.68. The van der Waals surface area contributed by atoms with Gasteiger partial charge in [-0.1, -0.05) is 20.3 Å². The van der Waals surface area contributed by atoms with E-state index in [1.165, 1.54) is 12.8 Å². The van der Waals surface area contributed by atoms with Gasteiger partial charge in [-0.3, -0.25) is 4.68 Å². The van der Waals surface area contributed by atoms with E-state index in [2.05, 4.69) is 29.2 Å². The summed E-state index contributed by atoms with van der Waals surface area (Å²) in [6, 6.07) is 0. The zero-order valence-electron chi connectivity index (χ0n) is 12.1. The summed E-state index contributed by atoms with van der Waals surface area (Å²) in [5.41, 5.74) is 0.225. The van der Waals surface area contributed by atoms with Crippen LogP contribution in [0.1, 0.15) is 32.5 Å². The van der Waals surface area contributed by atoms with Crippen LogP contribution in [-0.2, 0) is 18.2 Å². The maximum absolute atomic E-state index is 5.05. The molecule has 0 bridgehead atoms. The Kier molecular flexibility index (Phi) is 6.29. The van der Waals surface area contributed by atoms with Crippen molar-refractivity contribution in [1.82, 2.24) is 20.1 Å². The molecule has 0 saturated carbocycles. The highest BCUT2D eigenvalue weighted by molar-refractivity contribution is 4.92. The predicted octanol–water partition coefficient (Wildman–Crippen LogP) is 1.40. The molecule has 0 aromatic carbocycles. The van der Waals surface area contributed by atoms with Gasteiger partial charge in [-0.25, -0.2) is 4.98 Å². The molecule has 1 atom stereocenters. The molecule has 0 amide bonds. The summed E-state index contributed by atoms with van der Waals surface area (Å²) in [4.78, 5) is 4.33. The molecule has 1 aromatic rings. The second kappa shape index (κ2) is 7.48. The minimum absolute atomic E-state index is 0.225. The Hall–Kier alpha value is -0.940. The molecule has 0 aliphatic carbocycles. The molecule has 0 aliphatic rings. The van der Waals surface area contributed by atoms with Crippen LogP contribution in [0.25, 0.3) is 0 Å². The summed E-state index contributed by atoms with van der Waals surface area (Å²) in [5.74, 6) is 1.06. The van der Waals surface area contributed by atoms with Crippen molar-refractivity contribution in [3.8, 4) is 0 Å². The van der Waals surface area contributed by atoms with Crippen LogP contribution in [0.3, 0.4) is 0 Å². The van der Waals surface area contributed by atoms with Gasteiger partial charge in [-0.15, -0.1) is 0 Å². The van der Waals surface area contributed by atoms with E-state index in [0.29, 0.717) is 0 Å². The number of nitrogens with zero attached hydrogens (tertiary/aromatic N) is 3. The van der Waals surface area contributed by atoms with Crippen LogP contribution >= 0.6 is 0 Å². The lowest BCUT2D eigenvalue weighted by Crippen LogP contribution is -2.36. The summed E-state index contributed by atoms with van der Waals surface area (Å²) in [5, 5.41) is 7.60. The average Bonchev–Trinajstić information content (AvgIpc) is 2.71. The third-order valence-electron chi connectivity index (χ3n) is 3.28. The normalized spacial score (nSPS) is 14.7. The predicted molar refractivity (Wildman–Crippen MR) is 72.5 cm³/mol. The van der Waals surface area contributed by atoms with E-state index in [9.17, 15) is 0 Å². The molecule has 0 spiro atoms. The molecule has 0 aliphatic heterocycles. The Morgan fingerprint density at radius 2 is 2.28 bits per heavy atom. The van der Waals surface area contributed by atoms with Gasteiger partial charge in [0.1, 0.15) is 12.2 Å². The topological polar surface area (TPSA) is 52.0 Å². The number of hydrogen-bond donors (Lipinski definition) is 1. The first-order chi connectivity index (χ1) is 8.61. The molecule has 5 nitrogen and oxygen atoms in total. The van der Waals surface area contributed by atoms with Gasteiger partial charge in [-0.05, 0) is 11.8 Å². The molecule has 1 rings (SSSR count). The van der Waals surface area contributed by atoms with Crippen LogP contribution in [0.4, 0.5) is 0 Å². The Bertz CT molecular complexity index is 339. The van der Waals surface area contributed by atoms with Crippen LogP contribution in [0.5, 0.6) is 0 Å². The summed E-state index contributed by atoms with van der Waals surface area (Å²) in [6.45, 7) is 7.17. The lowest BCUT2D eigenvalue weighted by Gasteiger charge is -2.29. The van der Waals surface area contributed by atoms with Gasteiger partial charge >= 0.3 is 0 Å². The number of ether oxygens (including phenoxy) is 1. The second-order valence-electron chi connectivity index (χ2n) is 5.21. The fourth-order valence-electron chi connectivity index (χ4n) is 2.27. The standard InChI is InChI=1S/C13H26N4O/c1-5-6-13(2,10-14-7-8-18-4)9-12-15-11-16-17(12)3/h11,14H,5-10H2,1-4H3. The molecule has 1 unspecified atom stereocenters. The lowest BCUT2D eigenvalue weighted by atomic mass is 9.82. The molecular weight excluding hydrogens is 228 g/mol. The number of rotatable bonds is 9. The van der Waals surface area contributed by atoms with E-state index >= 15 is 0 Å². The number of aryl methyl sites for hydroxylation is 1. The van der Waals surface area contributed by atoms with Crippen molar-refractivity contribution in [2.45, 2.75) is 33.1 Å². The first-order valence-electron chi connectivity index (χ1n) is 6.64. The van der Waals surface area contributed by atoms with Gasteiger partial charge in [0.05, 0.1) is 6.61 Å². The van der Waals surface area contributed by atoms with Crippen molar-refractivity contribution in [3.05, 3.63) is 12.2 Å². The molecule has 0 saturated heterocycles. The number of hydrogen-bond acceptors (Lipinski definition) is 4. The van der Waals surface area contributed by atoms with Crippen LogP contribution in [-0.4, -0.2) is 41.6 Å². The van der Waals surface area contributed by atoms with Gasteiger partial charge in [-0.2, -0.15) is 5.10 Å². The lowest BCUT2D eigenvalue weighted by molar-refractivity contribution is 0.189. The minimum Gasteiger partial charge on any atom is -0.383 e. The molecule has 0 radical (unpaired) electrons. The van der Waals surface area contributed by atoms with Crippen LogP contribution in [0.2, 0.25) is 0 Å². The Labute approximate surface area is 110 Å². The highest BCUT2D eigenvalue weighted by atomic mass is 16.5. The van der Waals surface area contributed by atoms with Gasteiger partial charge in [0.2, 0.25) is 0 Å². The molecule has 18 heavy (non-hydrogen) atoms. The van der Waals surface area contributed by atoms with E-state index < -0.39 is 0 Å². The third kappa shape index (κ3) is 4.74. The fourth-order valence-corrected chi connectivity index (χ4v) is 2.27. The van der Waals surface area contributed by atoms with Gasteiger partial charge in [0, 0.05) is 33.7 Å². The Morgan fingerprint density at radius 1 is 1.50 bits per heavy atom. The molecule has 1 aromatic heterocycles. The number of methoxy groups -OCH3 is 1. The number of nitrogens with one attached hydrogen (secondary N) is 1. The quantitative estimate of drug-likeness (QED) is 0.677. The first-order valence-corrected chi connectivity index (χ1v) is 6.64. The summed E-state index contributed by atoms with van der Waals surface area (Å²) >= 11 is 0. The molecule has 1 heterocycles. The van der Waals surface area contributed by atoms with Gasteiger partial charge < -0.3 is 10.1 Å². The molecule has 1 N–H and O–H groups in total. The fraction of sp³-hybridized carbons (Fsp3) is 0.846. The second-order valence-corrected chi connectivity index (χ2v) is 5.21. The largest absolute Gasteiger partial charge is 0.383 e. The van der Waals surface area contributed by atoms with Crippen molar-refractivity contribution in [2.75, 3.05) is 26.8 Å². The highest BCUT2D eigenvalue weighted by Gasteiger charge is 2.25. The number of aromatic nitrogens is 3. The zero-order valence-corrected chi connectivity index (χ0v) is 12.1. The zero-order chi connectivity index (χ0) is 13.4. The molecule has 104 valence electrons. The van der Waals surface area contributed by atoms with E-state index in [0.717, 1.165) is 31.9 Å². The van der Waals surface area contributed by atoms with Crippen LogP contribution in [0, 0.1) is 5.41 Å². The molecule has 5 heteroatoms. The summed E-state index contributed by atoms with van der Waals surface area (Å²) in [6.07, 6.45) is 4.94. The average molecular weight is 254 g/mol. The maximum Gasteiger partial charge on any atom is 0.138 e. The molecule has 0 fully saturated rings. The van der Waals surface area contributed by atoms with E-state index in [1.807, 2.05) is 11.7 Å². The minimum atomic E-state index is 0.225. The van der Waals surface area contributed by atoms with E-state index in [4.69, 9.17) is 4.74 Å². The van der Waals surface area contributed by atoms with Gasteiger partial charge in [0.15, 0.2) is 0 Å². The van der Waals surface area contributed by atoms with Crippen LogP contribution in [0.15, 0.2) is 6.33 Å². The highest BCUT2D eigenvalue weighted by Crippen LogP contribution is 2.26. The first kappa shape index (κ1) is 15.1. The van der Waals surface area contributed by atoms with Gasteiger partial charge in [0.25, 0.3) is 0 Å².